The SMILES string of the molecule is CO[Si](C)(CCCOCCN)OC. The first kappa shape index (κ1) is 13.1. The molecule has 4 nitrogen and oxygen atoms in total. The van der Waals surface area contributed by atoms with Gasteiger partial charge in [-0.25, -0.2) is 0 Å². The standard InChI is InChI=1S/C8H21NO3Si/c1-10-13(3,11-2)8-4-6-12-7-5-9/h4-9H2,1-3H3. The van der Waals surface area contributed by atoms with Gasteiger partial charge in [-0.3, -0.25) is 0 Å². The van der Waals surface area contributed by atoms with Gasteiger partial charge in [0.25, 0.3) is 0 Å². The average molecular weight is 207 g/mol. The van der Waals surface area contributed by atoms with Gasteiger partial charge >= 0.3 is 8.56 Å². The molecular weight excluding hydrogens is 186 g/mol. The van der Waals surface area contributed by atoms with Crippen LogP contribution >= 0.6 is 0 Å². The molecule has 0 heterocycles. The highest BCUT2D eigenvalue weighted by molar-refractivity contribution is 6.65. The largest absolute Gasteiger partial charge is 0.398 e. The van der Waals surface area contributed by atoms with Gasteiger partial charge in [0.1, 0.15) is 0 Å². The molecule has 0 spiro atoms. The second kappa shape index (κ2) is 7.46. The Morgan fingerprint density at radius 2 is 1.77 bits per heavy atom. The minimum Gasteiger partial charge on any atom is -0.398 e. The van der Waals surface area contributed by atoms with Gasteiger partial charge in [0.2, 0.25) is 0 Å². The van der Waals surface area contributed by atoms with Gasteiger partial charge in [-0.15, -0.1) is 0 Å². The molecule has 0 bridgehead atoms. The number of nitrogens with two attached hydrogens (primary N) is 1. The lowest BCUT2D eigenvalue weighted by Gasteiger charge is -2.22. The highest BCUT2D eigenvalue weighted by Crippen LogP contribution is 2.13. The van der Waals surface area contributed by atoms with Gasteiger partial charge in [0.05, 0.1) is 6.61 Å². The maximum Gasteiger partial charge on any atom is 0.334 e. The van der Waals surface area contributed by atoms with Crippen LogP contribution in [0.25, 0.3) is 0 Å². The van der Waals surface area contributed by atoms with Crippen molar-refractivity contribution in [3.63, 3.8) is 0 Å². The minimum absolute atomic E-state index is 0.587. The molecule has 0 saturated carbocycles. The average Bonchev–Trinajstić information content (AvgIpc) is 2.17. The first-order chi connectivity index (χ1) is 6.18. The Balaban J connectivity index is 3.39. The van der Waals surface area contributed by atoms with Crippen LogP contribution in [0.1, 0.15) is 6.42 Å². The summed E-state index contributed by atoms with van der Waals surface area (Å²) in [4.78, 5) is 0. The van der Waals surface area contributed by atoms with Crippen LogP contribution < -0.4 is 5.73 Å². The van der Waals surface area contributed by atoms with E-state index in [2.05, 4.69) is 6.55 Å². The Kier molecular flexibility index (Phi) is 7.49. The predicted octanol–water partition coefficient (Wildman–Crippen LogP) is 0.717. The van der Waals surface area contributed by atoms with Crippen LogP contribution in [0.3, 0.4) is 0 Å². The third-order valence-electron chi connectivity index (χ3n) is 2.05. The second-order valence-electron chi connectivity index (χ2n) is 3.05. The van der Waals surface area contributed by atoms with Crippen molar-refractivity contribution in [3.8, 4) is 0 Å². The van der Waals surface area contributed by atoms with Crippen molar-refractivity contribution in [2.45, 2.75) is 19.0 Å². The molecule has 13 heavy (non-hydrogen) atoms. The molecule has 5 heteroatoms. The van der Waals surface area contributed by atoms with E-state index < -0.39 is 8.56 Å². The fourth-order valence-electron chi connectivity index (χ4n) is 0.968. The third-order valence-corrected chi connectivity index (χ3v) is 5.03. The summed E-state index contributed by atoms with van der Waals surface area (Å²) in [7, 11) is 1.54. The molecule has 0 aliphatic rings. The molecule has 0 aromatic rings. The number of rotatable bonds is 8. The first-order valence-corrected chi connectivity index (χ1v) is 7.09. The van der Waals surface area contributed by atoms with Crippen LogP contribution in [0.2, 0.25) is 12.6 Å². The van der Waals surface area contributed by atoms with E-state index in [4.69, 9.17) is 19.3 Å². The summed E-state index contributed by atoms with van der Waals surface area (Å²) in [5, 5.41) is 0. The van der Waals surface area contributed by atoms with Crippen LogP contribution in [0.15, 0.2) is 0 Å². The molecule has 0 atom stereocenters. The van der Waals surface area contributed by atoms with Crippen molar-refractivity contribution in [1.29, 1.82) is 0 Å². The smallest absolute Gasteiger partial charge is 0.334 e. The summed E-state index contributed by atoms with van der Waals surface area (Å²) < 4.78 is 15.9. The van der Waals surface area contributed by atoms with Crippen molar-refractivity contribution in [2.24, 2.45) is 5.73 Å². The van der Waals surface area contributed by atoms with Gasteiger partial charge in [-0.2, -0.15) is 0 Å². The summed E-state index contributed by atoms with van der Waals surface area (Å²) >= 11 is 0. The molecule has 0 fully saturated rings. The van der Waals surface area contributed by atoms with Gasteiger partial charge in [0.15, 0.2) is 0 Å². The Morgan fingerprint density at radius 3 is 2.23 bits per heavy atom. The van der Waals surface area contributed by atoms with Crippen molar-refractivity contribution in [1.82, 2.24) is 0 Å². The fraction of sp³-hybridized carbons (Fsp3) is 1.00. The van der Waals surface area contributed by atoms with E-state index in [1.54, 1.807) is 14.2 Å². The molecule has 0 unspecified atom stereocenters. The minimum atomic E-state index is -1.87. The van der Waals surface area contributed by atoms with E-state index in [1.165, 1.54) is 0 Å². The zero-order valence-corrected chi connectivity index (χ0v) is 9.84. The van der Waals surface area contributed by atoms with Gasteiger partial charge in [0, 0.05) is 27.4 Å². The normalized spacial score (nSPS) is 12.0. The summed E-state index contributed by atoms with van der Waals surface area (Å²) in [5.41, 5.74) is 5.28. The lowest BCUT2D eigenvalue weighted by molar-refractivity contribution is 0.138. The molecule has 0 aromatic carbocycles. The lowest BCUT2D eigenvalue weighted by Crippen LogP contribution is -2.36. The number of ether oxygens (including phenoxy) is 1. The zero-order valence-electron chi connectivity index (χ0n) is 8.84. The summed E-state index contributed by atoms with van der Waals surface area (Å²) in [6.45, 7) is 4.02. The fourth-order valence-corrected chi connectivity index (χ4v) is 2.33. The summed E-state index contributed by atoms with van der Waals surface area (Å²) in [6, 6.07) is 0.963. The predicted molar refractivity (Wildman–Crippen MR) is 54.9 cm³/mol. The highest BCUT2D eigenvalue weighted by Gasteiger charge is 2.27. The van der Waals surface area contributed by atoms with Crippen molar-refractivity contribution < 1.29 is 13.6 Å². The topological polar surface area (TPSA) is 53.7 Å². The monoisotopic (exact) mass is 207 g/mol. The van der Waals surface area contributed by atoms with E-state index in [0.717, 1.165) is 19.1 Å². The van der Waals surface area contributed by atoms with E-state index in [1.807, 2.05) is 0 Å². The summed E-state index contributed by atoms with van der Waals surface area (Å²) in [5.74, 6) is 0. The molecule has 0 aliphatic heterocycles. The Morgan fingerprint density at radius 1 is 1.15 bits per heavy atom. The summed E-state index contributed by atoms with van der Waals surface area (Å²) in [6.07, 6.45) is 0.977. The molecule has 0 aliphatic carbocycles. The number of hydrogen-bond acceptors (Lipinski definition) is 4. The molecule has 0 saturated heterocycles. The molecule has 2 N–H and O–H groups in total. The van der Waals surface area contributed by atoms with Crippen LogP contribution in [0.5, 0.6) is 0 Å². The van der Waals surface area contributed by atoms with Crippen molar-refractivity contribution >= 4 is 8.56 Å². The molecule has 0 amide bonds. The van der Waals surface area contributed by atoms with Gasteiger partial charge < -0.3 is 19.3 Å². The molecule has 0 radical (unpaired) electrons. The lowest BCUT2D eigenvalue weighted by atomic mass is 10.5. The van der Waals surface area contributed by atoms with Crippen LogP contribution in [-0.4, -0.2) is 42.5 Å². The maximum atomic E-state index is 5.33. The molecule has 0 rings (SSSR count). The quantitative estimate of drug-likeness (QED) is 0.470. The molecule has 0 aromatic heterocycles. The Labute approximate surface area is 81.6 Å². The third kappa shape index (κ3) is 6.17. The Hall–Kier alpha value is 0.0569. The zero-order chi connectivity index (χ0) is 10.2. The van der Waals surface area contributed by atoms with Gasteiger partial charge in [-0.1, -0.05) is 0 Å². The van der Waals surface area contributed by atoms with Crippen LogP contribution in [0, 0.1) is 0 Å². The molecule has 80 valence electrons. The maximum absolute atomic E-state index is 5.33. The van der Waals surface area contributed by atoms with E-state index >= 15 is 0 Å². The number of hydrogen-bond donors (Lipinski definition) is 1. The van der Waals surface area contributed by atoms with E-state index in [9.17, 15) is 0 Å². The first-order valence-electron chi connectivity index (χ1n) is 4.56. The van der Waals surface area contributed by atoms with E-state index in [0.29, 0.717) is 13.2 Å². The Bertz CT molecular complexity index is 120. The van der Waals surface area contributed by atoms with Gasteiger partial charge in [-0.05, 0) is 19.0 Å². The van der Waals surface area contributed by atoms with E-state index in [-0.39, 0.29) is 0 Å². The van der Waals surface area contributed by atoms with Crippen molar-refractivity contribution in [3.05, 3.63) is 0 Å². The van der Waals surface area contributed by atoms with Crippen LogP contribution in [0.4, 0.5) is 0 Å². The second-order valence-corrected chi connectivity index (χ2v) is 6.63. The van der Waals surface area contributed by atoms with Crippen molar-refractivity contribution in [2.75, 3.05) is 34.0 Å². The molecular formula is C8H21NO3Si. The highest BCUT2D eigenvalue weighted by atomic mass is 28.4. The van der Waals surface area contributed by atoms with Crippen LogP contribution in [-0.2, 0) is 13.6 Å².